The highest BCUT2D eigenvalue weighted by atomic mass is 16.5. The lowest BCUT2D eigenvalue weighted by Crippen LogP contribution is -2.54. The van der Waals surface area contributed by atoms with Gasteiger partial charge in [0.1, 0.15) is 18.5 Å². The lowest BCUT2D eigenvalue weighted by molar-refractivity contribution is -0.134. The summed E-state index contributed by atoms with van der Waals surface area (Å²) < 4.78 is 5.71. The van der Waals surface area contributed by atoms with Gasteiger partial charge < -0.3 is 25.0 Å². The molecule has 1 heterocycles. The van der Waals surface area contributed by atoms with Crippen LogP contribution in [0.4, 0.5) is 0 Å². The third-order valence-corrected chi connectivity index (χ3v) is 3.71. The number of aliphatic hydroxyl groups is 1. The van der Waals surface area contributed by atoms with Crippen molar-refractivity contribution in [2.45, 2.75) is 25.5 Å². The lowest BCUT2D eigenvalue weighted by Gasteiger charge is -2.29. The van der Waals surface area contributed by atoms with Crippen LogP contribution in [0.5, 0.6) is 5.75 Å². The van der Waals surface area contributed by atoms with Crippen LogP contribution in [-0.4, -0.2) is 59.8 Å². The van der Waals surface area contributed by atoms with Crippen LogP contribution < -0.4 is 10.1 Å². The first-order valence-electron chi connectivity index (χ1n) is 7.65. The van der Waals surface area contributed by atoms with Crippen LogP contribution in [0.25, 0.3) is 10.9 Å². The van der Waals surface area contributed by atoms with E-state index in [0.717, 1.165) is 16.7 Å². The first-order valence-corrected chi connectivity index (χ1v) is 7.65. The van der Waals surface area contributed by atoms with Crippen LogP contribution >= 0.6 is 0 Å². The summed E-state index contributed by atoms with van der Waals surface area (Å²) >= 11 is 0. The molecule has 0 saturated heterocycles. The van der Waals surface area contributed by atoms with Crippen molar-refractivity contribution in [3.05, 3.63) is 30.5 Å². The number of fused-ring (bicyclic) bond motifs is 1. The van der Waals surface area contributed by atoms with E-state index in [-0.39, 0.29) is 19.1 Å². The van der Waals surface area contributed by atoms with Gasteiger partial charge in [-0.25, -0.2) is 0 Å². The zero-order valence-electron chi connectivity index (χ0n) is 14.1. The van der Waals surface area contributed by atoms with Crippen molar-refractivity contribution in [2.75, 3.05) is 27.2 Å². The van der Waals surface area contributed by atoms with Crippen LogP contribution in [0.3, 0.4) is 0 Å². The maximum atomic E-state index is 12.0. The summed E-state index contributed by atoms with van der Waals surface area (Å²) in [7, 11) is 3.42. The van der Waals surface area contributed by atoms with Crippen LogP contribution in [0.15, 0.2) is 30.5 Å². The normalized spacial score (nSPS) is 13.1. The molecule has 0 bridgehead atoms. The monoisotopic (exact) mass is 319 g/mol. The van der Waals surface area contributed by atoms with Crippen LogP contribution in [0.2, 0.25) is 0 Å². The molecule has 0 spiro atoms. The molecule has 126 valence electrons. The molecule has 1 amide bonds. The number of nitrogens with one attached hydrogen (secondary N) is 2. The van der Waals surface area contributed by atoms with Gasteiger partial charge in [0.05, 0.1) is 5.54 Å². The topological polar surface area (TPSA) is 77.6 Å². The molecule has 0 fully saturated rings. The smallest absolute Gasteiger partial charge is 0.241 e. The van der Waals surface area contributed by atoms with Crippen LogP contribution in [-0.2, 0) is 4.79 Å². The number of rotatable bonds is 7. The Bertz CT molecular complexity index is 664. The van der Waals surface area contributed by atoms with E-state index in [4.69, 9.17) is 4.74 Å². The van der Waals surface area contributed by atoms with Crippen molar-refractivity contribution in [3.63, 3.8) is 0 Å². The van der Waals surface area contributed by atoms with Crippen molar-refractivity contribution in [1.82, 2.24) is 15.2 Å². The van der Waals surface area contributed by atoms with E-state index in [9.17, 15) is 9.90 Å². The zero-order chi connectivity index (χ0) is 17.0. The highest BCUT2D eigenvalue weighted by molar-refractivity contribution is 5.86. The van der Waals surface area contributed by atoms with E-state index < -0.39 is 11.6 Å². The second-order valence-electron chi connectivity index (χ2n) is 6.37. The van der Waals surface area contributed by atoms with Gasteiger partial charge in [-0.15, -0.1) is 0 Å². The highest BCUT2D eigenvalue weighted by Gasteiger charge is 2.29. The molecule has 0 radical (unpaired) electrons. The number of ether oxygens (including phenoxy) is 1. The number of aromatic amines is 1. The fourth-order valence-corrected chi connectivity index (χ4v) is 2.43. The minimum absolute atomic E-state index is 0.0392. The number of hydrogen-bond acceptors (Lipinski definition) is 4. The average Bonchev–Trinajstić information content (AvgIpc) is 2.99. The zero-order valence-corrected chi connectivity index (χ0v) is 14.1. The Morgan fingerprint density at radius 3 is 2.83 bits per heavy atom. The number of aliphatic hydroxyl groups excluding tert-OH is 1. The molecule has 6 heteroatoms. The molecular weight excluding hydrogens is 294 g/mol. The summed E-state index contributed by atoms with van der Waals surface area (Å²) in [5, 5.41) is 14.2. The first kappa shape index (κ1) is 17.3. The quantitative estimate of drug-likeness (QED) is 0.720. The van der Waals surface area contributed by atoms with Crippen molar-refractivity contribution in [1.29, 1.82) is 0 Å². The number of β-amino-alcohol motifs (C(OH)–C–C–N with tert-alkyl or cyclic N) is 1. The molecular formula is C17H25N3O3. The minimum Gasteiger partial charge on any atom is -0.490 e. The maximum Gasteiger partial charge on any atom is 0.241 e. The molecule has 6 nitrogen and oxygen atoms in total. The van der Waals surface area contributed by atoms with Gasteiger partial charge in [0.25, 0.3) is 0 Å². The van der Waals surface area contributed by atoms with Crippen LogP contribution in [0.1, 0.15) is 13.8 Å². The van der Waals surface area contributed by atoms with Gasteiger partial charge in [0.2, 0.25) is 5.91 Å². The van der Waals surface area contributed by atoms with Gasteiger partial charge in [-0.2, -0.15) is 0 Å². The van der Waals surface area contributed by atoms with Crippen molar-refractivity contribution in [3.8, 4) is 5.75 Å². The number of nitrogens with zero attached hydrogens (tertiary/aromatic N) is 1. The average molecular weight is 319 g/mol. The number of likely N-dealkylation sites (N-methyl/N-ethyl adjacent to an activating group) is 1. The van der Waals surface area contributed by atoms with E-state index in [1.807, 2.05) is 30.5 Å². The van der Waals surface area contributed by atoms with Gasteiger partial charge in [-0.3, -0.25) is 4.79 Å². The maximum absolute atomic E-state index is 12.0. The van der Waals surface area contributed by atoms with Gasteiger partial charge >= 0.3 is 0 Å². The number of aromatic nitrogens is 1. The Labute approximate surface area is 136 Å². The number of amides is 1. The fourth-order valence-electron chi connectivity index (χ4n) is 2.43. The summed E-state index contributed by atoms with van der Waals surface area (Å²) in [4.78, 5) is 16.7. The molecule has 0 aliphatic rings. The third kappa shape index (κ3) is 4.24. The molecule has 1 aromatic carbocycles. The van der Waals surface area contributed by atoms with Crippen molar-refractivity contribution >= 4 is 16.8 Å². The predicted molar refractivity (Wildman–Crippen MR) is 90.6 cm³/mol. The minimum atomic E-state index is -0.731. The molecule has 1 atom stereocenters. The number of benzene rings is 1. The summed E-state index contributed by atoms with van der Waals surface area (Å²) in [6.07, 6.45) is 1.14. The van der Waals surface area contributed by atoms with Gasteiger partial charge in [0.15, 0.2) is 0 Å². The third-order valence-electron chi connectivity index (χ3n) is 3.71. The molecule has 23 heavy (non-hydrogen) atoms. The van der Waals surface area contributed by atoms with Crippen LogP contribution in [0, 0.1) is 0 Å². The van der Waals surface area contributed by atoms with Crippen molar-refractivity contribution < 1.29 is 14.6 Å². The first-order chi connectivity index (χ1) is 10.8. The van der Waals surface area contributed by atoms with Crippen molar-refractivity contribution in [2.24, 2.45) is 0 Å². The van der Waals surface area contributed by atoms with E-state index in [1.165, 1.54) is 4.90 Å². The molecule has 0 aliphatic heterocycles. The molecule has 0 saturated carbocycles. The lowest BCUT2D eigenvalue weighted by atomic mass is 10.0. The molecule has 2 aromatic rings. The molecule has 3 N–H and O–H groups in total. The molecule has 1 aromatic heterocycles. The van der Waals surface area contributed by atoms with E-state index in [2.05, 4.69) is 10.3 Å². The summed E-state index contributed by atoms with van der Waals surface area (Å²) in [6, 6.07) is 7.68. The second kappa shape index (κ2) is 7.02. The van der Waals surface area contributed by atoms with E-state index >= 15 is 0 Å². The SMILES string of the molecule is CN(C)C(=O)C(C)(C)NCC(O)COc1cccc2[nH]ccc12. The van der Waals surface area contributed by atoms with Gasteiger partial charge in [0, 0.05) is 37.7 Å². The Hall–Kier alpha value is -2.05. The van der Waals surface area contributed by atoms with E-state index in [0.29, 0.717) is 0 Å². The predicted octanol–water partition coefficient (Wildman–Crippen LogP) is 1.36. The standard InChI is InChI=1S/C17H25N3O3/c1-17(2,16(22)20(3)4)19-10-12(21)11-23-15-7-5-6-14-13(15)8-9-18-14/h5-9,12,18-19,21H,10-11H2,1-4H3. The Balaban J connectivity index is 1.87. The van der Waals surface area contributed by atoms with Gasteiger partial charge in [-0.1, -0.05) is 6.07 Å². The Kier molecular flexibility index (Phi) is 5.28. The number of hydrogen-bond donors (Lipinski definition) is 3. The number of H-pyrrole nitrogens is 1. The Morgan fingerprint density at radius 1 is 1.39 bits per heavy atom. The fraction of sp³-hybridized carbons (Fsp3) is 0.471. The molecule has 1 unspecified atom stereocenters. The second-order valence-corrected chi connectivity index (χ2v) is 6.37. The molecule has 0 aliphatic carbocycles. The molecule has 2 rings (SSSR count). The summed E-state index contributed by atoms with van der Waals surface area (Å²) in [6.45, 7) is 4.02. The largest absolute Gasteiger partial charge is 0.490 e. The number of carbonyl (C=O) groups is 1. The number of carbonyl (C=O) groups excluding carboxylic acids is 1. The summed E-state index contributed by atoms with van der Waals surface area (Å²) in [5.41, 5.74) is 0.262. The Morgan fingerprint density at radius 2 is 2.13 bits per heavy atom. The van der Waals surface area contributed by atoms with Gasteiger partial charge in [-0.05, 0) is 32.0 Å². The highest BCUT2D eigenvalue weighted by Crippen LogP contribution is 2.24. The summed E-state index contributed by atoms with van der Waals surface area (Å²) in [5.74, 6) is 0.689. The van der Waals surface area contributed by atoms with E-state index in [1.54, 1.807) is 27.9 Å².